The highest BCUT2D eigenvalue weighted by atomic mass is 16.3. The highest BCUT2D eigenvalue weighted by molar-refractivity contribution is 6.18. The molecule has 3 heteroatoms. The van der Waals surface area contributed by atoms with Crippen LogP contribution < -0.4 is 4.90 Å². The van der Waals surface area contributed by atoms with Crippen LogP contribution in [0.3, 0.4) is 0 Å². The predicted molar refractivity (Wildman–Crippen MR) is 229 cm³/mol. The Morgan fingerprint density at radius 1 is 0.309 bits per heavy atom. The molecule has 0 spiro atoms. The molecule has 0 aliphatic carbocycles. The maximum absolute atomic E-state index is 7.03. The molecule has 0 aliphatic heterocycles. The number of para-hydroxylation sites is 3. The molecular weight excluding hydrogens is 671 g/mol. The molecule has 3 nitrogen and oxygen atoms in total. The maximum Gasteiger partial charge on any atom is 0.160 e. The maximum atomic E-state index is 7.03. The molecular formula is C52H33NO2. The Balaban J connectivity index is 1.18. The molecule has 11 aromatic rings. The zero-order chi connectivity index (χ0) is 36.3. The van der Waals surface area contributed by atoms with Crippen LogP contribution in [0, 0.1) is 0 Å². The summed E-state index contributed by atoms with van der Waals surface area (Å²) in [6.07, 6.45) is 0. The third-order valence-corrected chi connectivity index (χ3v) is 10.9. The van der Waals surface area contributed by atoms with Gasteiger partial charge >= 0.3 is 0 Å². The lowest BCUT2D eigenvalue weighted by molar-refractivity contribution is 0.667. The molecule has 2 aromatic heterocycles. The minimum absolute atomic E-state index is 0.815. The Morgan fingerprint density at radius 2 is 0.873 bits per heavy atom. The molecule has 258 valence electrons. The first-order chi connectivity index (χ1) is 27.3. The second kappa shape index (κ2) is 12.6. The van der Waals surface area contributed by atoms with Crippen molar-refractivity contribution in [3.05, 3.63) is 200 Å². The number of hydrogen-bond acceptors (Lipinski definition) is 3. The Morgan fingerprint density at radius 3 is 1.67 bits per heavy atom. The fourth-order valence-electron chi connectivity index (χ4n) is 8.35. The van der Waals surface area contributed by atoms with Crippen LogP contribution in [0.25, 0.3) is 88.0 Å². The first kappa shape index (κ1) is 31.2. The Bertz CT molecular complexity index is 3190. The van der Waals surface area contributed by atoms with E-state index in [1.807, 2.05) is 12.1 Å². The summed E-state index contributed by atoms with van der Waals surface area (Å²) in [5, 5.41) is 6.76. The van der Waals surface area contributed by atoms with Crippen molar-refractivity contribution in [2.75, 3.05) is 4.90 Å². The van der Waals surface area contributed by atoms with Gasteiger partial charge in [-0.3, -0.25) is 0 Å². The van der Waals surface area contributed by atoms with Crippen molar-refractivity contribution in [1.82, 2.24) is 0 Å². The number of fused-ring (bicyclic) bond motifs is 7. The van der Waals surface area contributed by atoms with Crippen molar-refractivity contribution in [3.63, 3.8) is 0 Å². The van der Waals surface area contributed by atoms with E-state index in [0.29, 0.717) is 0 Å². The number of nitrogens with zero attached hydrogens (tertiary/aromatic N) is 1. The van der Waals surface area contributed by atoms with Crippen molar-refractivity contribution in [3.8, 4) is 33.4 Å². The lowest BCUT2D eigenvalue weighted by Crippen LogP contribution is -2.10. The van der Waals surface area contributed by atoms with Gasteiger partial charge in [0.2, 0.25) is 0 Å². The van der Waals surface area contributed by atoms with Gasteiger partial charge in [-0.15, -0.1) is 0 Å². The molecule has 0 saturated heterocycles. The normalized spacial score (nSPS) is 11.6. The molecule has 0 aliphatic rings. The van der Waals surface area contributed by atoms with Gasteiger partial charge < -0.3 is 13.7 Å². The molecule has 0 saturated carbocycles. The Hall–Kier alpha value is -7.36. The van der Waals surface area contributed by atoms with E-state index in [4.69, 9.17) is 8.83 Å². The van der Waals surface area contributed by atoms with E-state index in [1.54, 1.807) is 0 Å². The molecule has 0 N–H and O–H groups in total. The van der Waals surface area contributed by atoms with Crippen LogP contribution in [0.2, 0.25) is 0 Å². The summed E-state index contributed by atoms with van der Waals surface area (Å²) in [5.41, 5.74) is 13.0. The first-order valence-corrected chi connectivity index (χ1v) is 18.7. The summed E-state index contributed by atoms with van der Waals surface area (Å²) in [5.74, 6) is 0. The van der Waals surface area contributed by atoms with E-state index in [9.17, 15) is 0 Å². The van der Waals surface area contributed by atoms with E-state index in [-0.39, 0.29) is 0 Å². The highest BCUT2D eigenvalue weighted by Crippen LogP contribution is 2.49. The molecule has 0 fully saturated rings. The van der Waals surface area contributed by atoms with Crippen molar-refractivity contribution in [2.45, 2.75) is 0 Å². The summed E-state index contributed by atoms with van der Waals surface area (Å²) < 4.78 is 13.9. The van der Waals surface area contributed by atoms with Gasteiger partial charge in [0.15, 0.2) is 11.2 Å². The predicted octanol–water partition coefficient (Wildman–Crippen LogP) is 15.1. The van der Waals surface area contributed by atoms with Crippen molar-refractivity contribution < 1.29 is 8.83 Å². The summed E-state index contributed by atoms with van der Waals surface area (Å²) in [7, 11) is 0. The Kier molecular flexibility index (Phi) is 7.17. The van der Waals surface area contributed by atoms with Crippen LogP contribution in [0.5, 0.6) is 0 Å². The third kappa shape index (κ3) is 5.05. The van der Waals surface area contributed by atoms with Gasteiger partial charge in [0, 0.05) is 32.8 Å². The van der Waals surface area contributed by atoms with Crippen molar-refractivity contribution >= 4 is 71.7 Å². The first-order valence-electron chi connectivity index (χ1n) is 18.7. The number of benzene rings is 9. The Labute approximate surface area is 317 Å². The van der Waals surface area contributed by atoms with Gasteiger partial charge in [0.1, 0.15) is 11.2 Å². The zero-order valence-corrected chi connectivity index (χ0v) is 29.8. The van der Waals surface area contributed by atoms with Gasteiger partial charge in [-0.05, 0) is 68.9 Å². The van der Waals surface area contributed by atoms with E-state index >= 15 is 0 Å². The molecule has 0 radical (unpaired) electrons. The SMILES string of the molecule is c1ccc(-c2cccc3c2oc2c(N(c4ccc(-c5cccc6ccccc56)cc4)c4ccc(-c5ccccc5)c5c4oc4ccccc45)cccc23)cc1. The highest BCUT2D eigenvalue weighted by Gasteiger charge is 2.25. The quantitative estimate of drug-likeness (QED) is 0.173. The number of rotatable bonds is 6. The largest absolute Gasteiger partial charge is 0.454 e. The number of anilines is 3. The lowest BCUT2D eigenvalue weighted by atomic mass is 9.97. The van der Waals surface area contributed by atoms with Crippen LogP contribution in [0.15, 0.2) is 209 Å². The summed E-state index contributed by atoms with van der Waals surface area (Å²) >= 11 is 0. The van der Waals surface area contributed by atoms with Gasteiger partial charge in [-0.2, -0.15) is 0 Å². The molecule has 0 atom stereocenters. The standard InChI is InChI=1S/C52H33NO2/c1-3-14-35(15-4-1)41-32-33-47(52-49(41)45-21-9-10-27-48(45)54-52)53(38-30-28-37(29-31-38)40-22-11-19-34-18-7-8-20-39(34)40)46-26-13-25-44-43-24-12-23-42(50(43)55-51(44)46)36-16-5-2-6-17-36/h1-33H. The fourth-order valence-corrected chi connectivity index (χ4v) is 8.35. The second-order valence-electron chi connectivity index (χ2n) is 14.0. The molecule has 11 rings (SSSR count). The lowest BCUT2D eigenvalue weighted by Gasteiger charge is -2.26. The second-order valence-corrected chi connectivity index (χ2v) is 14.0. The summed E-state index contributed by atoms with van der Waals surface area (Å²) in [4.78, 5) is 2.30. The van der Waals surface area contributed by atoms with Gasteiger partial charge in [-0.1, -0.05) is 170 Å². The summed E-state index contributed by atoms with van der Waals surface area (Å²) in [6, 6.07) is 70.7. The van der Waals surface area contributed by atoms with Crippen LogP contribution in [0.1, 0.15) is 0 Å². The zero-order valence-electron chi connectivity index (χ0n) is 29.8. The van der Waals surface area contributed by atoms with Gasteiger partial charge in [0.25, 0.3) is 0 Å². The number of furan rings is 2. The minimum Gasteiger partial charge on any atom is -0.454 e. The fraction of sp³-hybridized carbons (Fsp3) is 0. The van der Waals surface area contributed by atoms with Gasteiger partial charge in [-0.25, -0.2) is 0 Å². The van der Waals surface area contributed by atoms with Crippen LogP contribution in [0.4, 0.5) is 17.1 Å². The minimum atomic E-state index is 0.815. The third-order valence-electron chi connectivity index (χ3n) is 10.9. The van der Waals surface area contributed by atoms with E-state index in [2.05, 4.69) is 193 Å². The number of hydrogen-bond donors (Lipinski definition) is 0. The van der Waals surface area contributed by atoms with E-state index in [0.717, 1.165) is 88.8 Å². The van der Waals surface area contributed by atoms with E-state index < -0.39 is 0 Å². The smallest absolute Gasteiger partial charge is 0.160 e. The topological polar surface area (TPSA) is 29.5 Å². The van der Waals surface area contributed by atoms with Crippen LogP contribution in [-0.4, -0.2) is 0 Å². The average Bonchev–Trinajstić information content (AvgIpc) is 3.85. The van der Waals surface area contributed by atoms with Crippen molar-refractivity contribution in [2.24, 2.45) is 0 Å². The molecule has 2 heterocycles. The molecule has 9 aromatic carbocycles. The van der Waals surface area contributed by atoms with Crippen LogP contribution in [-0.2, 0) is 0 Å². The van der Waals surface area contributed by atoms with E-state index in [1.165, 1.54) is 16.3 Å². The molecule has 55 heavy (non-hydrogen) atoms. The monoisotopic (exact) mass is 703 g/mol. The van der Waals surface area contributed by atoms with Crippen molar-refractivity contribution in [1.29, 1.82) is 0 Å². The van der Waals surface area contributed by atoms with Crippen LogP contribution >= 0.6 is 0 Å². The molecule has 0 bridgehead atoms. The van der Waals surface area contributed by atoms with Gasteiger partial charge in [0.05, 0.1) is 11.4 Å². The molecule has 0 amide bonds. The summed E-state index contributed by atoms with van der Waals surface area (Å²) in [6.45, 7) is 0. The average molecular weight is 704 g/mol. The molecule has 0 unspecified atom stereocenters.